The zero-order valence-electron chi connectivity index (χ0n) is 12.3. The molecule has 3 nitrogen and oxygen atoms in total. The van der Waals surface area contributed by atoms with E-state index in [1.807, 2.05) is 11.8 Å². The molecular formula is C14H26N2OS. The summed E-state index contributed by atoms with van der Waals surface area (Å²) in [6.45, 7) is 13.2. The molecule has 0 spiro atoms. The number of nitrogens with two attached hydrogens (primary N) is 1. The van der Waals surface area contributed by atoms with Crippen molar-refractivity contribution in [3.05, 3.63) is 0 Å². The van der Waals surface area contributed by atoms with E-state index in [4.69, 9.17) is 5.73 Å². The van der Waals surface area contributed by atoms with Crippen molar-refractivity contribution in [2.45, 2.75) is 63.7 Å². The molecule has 2 saturated heterocycles. The van der Waals surface area contributed by atoms with Gasteiger partial charge in [0.05, 0.1) is 11.4 Å². The normalized spacial score (nSPS) is 47.9. The molecule has 0 aliphatic carbocycles. The van der Waals surface area contributed by atoms with Crippen LogP contribution in [0.5, 0.6) is 0 Å². The summed E-state index contributed by atoms with van der Waals surface area (Å²) >= 11 is 1.94. The third-order valence-corrected chi connectivity index (χ3v) is 7.18. The Morgan fingerprint density at radius 1 is 1.11 bits per heavy atom. The topological polar surface area (TPSA) is 46.3 Å². The Balaban J connectivity index is 2.41. The van der Waals surface area contributed by atoms with Gasteiger partial charge in [-0.3, -0.25) is 4.79 Å². The van der Waals surface area contributed by atoms with Crippen molar-refractivity contribution >= 4 is 17.7 Å². The van der Waals surface area contributed by atoms with Crippen molar-refractivity contribution in [2.75, 3.05) is 0 Å². The third-order valence-electron chi connectivity index (χ3n) is 5.34. The summed E-state index contributed by atoms with van der Waals surface area (Å²) in [5, 5.41) is 0.286. The molecule has 2 aliphatic rings. The number of fused-ring (bicyclic) bond motifs is 1. The molecule has 0 aromatic heterocycles. The predicted octanol–water partition coefficient (Wildman–Crippen LogP) is 2.30. The Kier molecular flexibility index (Phi) is 3.48. The maximum absolute atomic E-state index is 12.6. The highest BCUT2D eigenvalue weighted by Gasteiger charge is 2.53. The van der Waals surface area contributed by atoms with Crippen LogP contribution in [-0.2, 0) is 4.79 Å². The number of thioether (sulfide) groups is 1. The molecule has 0 bridgehead atoms. The van der Waals surface area contributed by atoms with Crippen LogP contribution in [0.15, 0.2) is 0 Å². The van der Waals surface area contributed by atoms with E-state index < -0.39 is 0 Å². The fraction of sp³-hybridized carbons (Fsp3) is 0.929. The molecule has 2 aliphatic heterocycles. The monoisotopic (exact) mass is 270 g/mol. The van der Waals surface area contributed by atoms with E-state index in [-0.39, 0.29) is 34.0 Å². The minimum absolute atomic E-state index is 0.120. The Bertz CT molecular complexity index is 358. The highest BCUT2D eigenvalue weighted by molar-refractivity contribution is 8.01. The number of amides is 1. The van der Waals surface area contributed by atoms with Crippen molar-refractivity contribution < 1.29 is 4.79 Å². The summed E-state index contributed by atoms with van der Waals surface area (Å²) in [4.78, 5) is 14.7. The van der Waals surface area contributed by atoms with Crippen LogP contribution in [0.2, 0.25) is 0 Å². The van der Waals surface area contributed by atoms with Crippen molar-refractivity contribution in [3.63, 3.8) is 0 Å². The highest BCUT2D eigenvalue weighted by atomic mass is 32.2. The van der Waals surface area contributed by atoms with Gasteiger partial charge in [0.1, 0.15) is 0 Å². The second-order valence-electron chi connectivity index (χ2n) is 6.64. The SMILES string of the molecule is CC1C(C)[C@H](N)C(=O)N2[C@H](SC(C)(C)[C@H]2C)C1C. The molecule has 2 heterocycles. The second-order valence-corrected chi connectivity index (χ2v) is 8.41. The van der Waals surface area contributed by atoms with Crippen molar-refractivity contribution in [1.29, 1.82) is 0 Å². The van der Waals surface area contributed by atoms with Gasteiger partial charge in [0.15, 0.2) is 0 Å². The van der Waals surface area contributed by atoms with Gasteiger partial charge in [0.2, 0.25) is 5.91 Å². The summed E-state index contributed by atoms with van der Waals surface area (Å²) in [6, 6.07) is -0.0876. The maximum atomic E-state index is 12.6. The number of carbonyl (C=O) groups is 1. The number of carbonyl (C=O) groups excluding carboxylic acids is 1. The average Bonchev–Trinajstić information content (AvgIpc) is 2.53. The van der Waals surface area contributed by atoms with Crippen molar-refractivity contribution in [2.24, 2.45) is 23.5 Å². The molecule has 0 aromatic rings. The molecule has 2 rings (SSSR count). The zero-order valence-corrected chi connectivity index (χ0v) is 13.1. The number of hydrogen-bond donors (Lipinski definition) is 1. The van der Waals surface area contributed by atoms with E-state index in [1.54, 1.807) is 0 Å². The summed E-state index contributed by atoms with van der Waals surface area (Å²) in [5.41, 5.74) is 6.18. The smallest absolute Gasteiger partial charge is 0.240 e. The quantitative estimate of drug-likeness (QED) is 0.735. The minimum Gasteiger partial charge on any atom is -0.325 e. The van der Waals surface area contributed by atoms with E-state index >= 15 is 0 Å². The van der Waals surface area contributed by atoms with Crippen LogP contribution in [0.3, 0.4) is 0 Å². The summed E-state index contributed by atoms with van der Waals surface area (Å²) in [5.74, 6) is 1.38. The van der Waals surface area contributed by atoms with Gasteiger partial charge in [0, 0.05) is 10.8 Å². The summed E-state index contributed by atoms with van der Waals surface area (Å²) in [7, 11) is 0. The Morgan fingerprint density at radius 3 is 2.22 bits per heavy atom. The van der Waals surface area contributed by atoms with Gasteiger partial charge in [-0.05, 0) is 38.5 Å². The fourth-order valence-electron chi connectivity index (χ4n) is 3.16. The first-order valence-corrected chi connectivity index (χ1v) is 7.82. The van der Waals surface area contributed by atoms with Crippen LogP contribution in [0.4, 0.5) is 0 Å². The molecular weight excluding hydrogens is 244 g/mol. The third kappa shape index (κ3) is 1.88. The lowest BCUT2D eigenvalue weighted by molar-refractivity contribution is -0.135. The van der Waals surface area contributed by atoms with E-state index in [9.17, 15) is 4.79 Å². The lowest BCUT2D eigenvalue weighted by Gasteiger charge is -2.31. The maximum Gasteiger partial charge on any atom is 0.240 e. The molecule has 0 aromatic carbocycles. The first-order valence-electron chi connectivity index (χ1n) is 6.94. The molecule has 2 fully saturated rings. The van der Waals surface area contributed by atoms with E-state index in [0.717, 1.165) is 0 Å². The molecule has 2 N–H and O–H groups in total. The molecule has 0 saturated carbocycles. The first-order chi connectivity index (χ1) is 8.18. The van der Waals surface area contributed by atoms with Crippen LogP contribution in [-0.4, -0.2) is 33.0 Å². The summed E-state index contributed by atoms with van der Waals surface area (Å²) < 4.78 is 0.120. The van der Waals surface area contributed by atoms with E-state index in [0.29, 0.717) is 11.8 Å². The highest BCUT2D eigenvalue weighted by Crippen LogP contribution is 2.50. The standard InChI is InChI=1S/C14H26N2OS/c1-7-8(2)11(15)12(17)16-10(4)14(5,6)18-13(16)9(7)3/h7-11,13H,15H2,1-6H3/t7?,8?,9?,10-,11+,13-/m1/s1. The van der Waals surface area contributed by atoms with Gasteiger partial charge in [-0.2, -0.15) is 0 Å². The minimum atomic E-state index is -0.343. The van der Waals surface area contributed by atoms with Gasteiger partial charge in [-0.15, -0.1) is 11.8 Å². The molecule has 18 heavy (non-hydrogen) atoms. The van der Waals surface area contributed by atoms with Crippen LogP contribution >= 0.6 is 11.8 Å². The largest absolute Gasteiger partial charge is 0.325 e. The molecule has 1 amide bonds. The zero-order chi connectivity index (χ0) is 13.8. The molecule has 0 radical (unpaired) electrons. The second kappa shape index (κ2) is 4.41. The average molecular weight is 270 g/mol. The van der Waals surface area contributed by atoms with Crippen LogP contribution < -0.4 is 5.73 Å². The Labute approximate surface area is 115 Å². The lowest BCUT2D eigenvalue weighted by atomic mass is 9.82. The predicted molar refractivity (Wildman–Crippen MR) is 77.2 cm³/mol. The van der Waals surface area contributed by atoms with Gasteiger partial charge in [-0.25, -0.2) is 0 Å². The number of hydrogen-bond acceptors (Lipinski definition) is 3. The van der Waals surface area contributed by atoms with Gasteiger partial charge >= 0.3 is 0 Å². The van der Waals surface area contributed by atoms with Gasteiger partial charge in [-0.1, -0.05) is 20.8 Å². The van der Waals surface area contributed by atoms with Crippen molar-refractivity contribution in [1.82, 2.24) is 4.90 Å². The van der Waals surface area contributed by atoms with Gasteiger partial charge < -0.3 is 10.6 Å². The molecule has 6 atom stereocenters. The van der Waals surface area contributed by atoms with Gasteiger partial charge in [0.25, 0.3) is 0 Å². The van der Waals surface area contributed by atoms with E-state index in [1.165, 1.54) is 0 Å². The fourth-order valence-corrected chi connectivity index (χ4v) is 4.96. The first kappa shape index (κ1) is 14.2. The van der Waals surface area contributed by atoms with Crippen LogP contribution in [0.25, 0.3) is 0 Å². The molecule has 3 unspecified atom stereocenters. The van der Waals surface area contributed by atoms with Crippen LogP contribution in [0, 0.1) is 17.8 Å². The summed E-state index contributed by atoms with van der Waals surface area (Å²) in [6.07, 6.45) is 0. The number of rotatable bonds is 0. The lowest BCUT2D eigenvalue weighted by Crippen LogP contribution is -2.51. The molecule has 104 valence electrons. The number of nitrogens with zero attached hydrogens (tertiary/aromatic N) is 1. The van der Waals surface area contributed by atoms with E-state index in [2.05, 4.69) is 46.4 Å². The van der Waals surface area contributed by atoms with Crippen molar-refractivity contribution in [3.8, 4) is 0 Å². The van der Waals surface area contributed by atoms with Crippen LogP contribution in [0.1, 0.15) is 41.5 Å². The Morgan fingerprint density at radius 2 is 1.67 bits per heavy atom. The molecule has 4 heteroatoms. The Hall–Kier alpha value is -0.220.